The highest BCUT2D eigenvalue weighted by Crippen LogP contribution is 2.66. The van der Waals surface area contributed by atoms with E-state index in [1.807, 2.05) is 0 Å². The molecule has 1 fully saturated rings. The summed E-state index contributed by atoms with van der Waals surface area (Å²) in [7, 11) is -14.9. The molecule has 3 heterocycles. The molecule has 0 radical (unpaired) electrons. The fourth-order valence-corrected chi connectivity index (χ4v) is 8.10. The van der Waals surface area contributed by atoms with E-state index in [9.17, 15) is 38.4 Å². The molecule has 4 rings (SSSR count). The van der Waals surface area contributed by atoms with Crippen LogP contribution in [0.2, 0.25) is 0 Å². The molecule has 1 aliphatic rings. The Bertz CT molecular complexity index is 1990. The first-order chi connectivity index (χ1) is 23.8. The van der Waals surface area contributed by atoms with Crippen LogP contribution in [-0.2, 0) is 42.9 Å². The van der Waals surface area contributed by atoms with Gasteiger partial charge in [-0.25, -0.2) is 28.5 Å². The number of nitrogen functional groups attached to an aromatic ring is 1. The van der Waals surface area contributed by atoms with E-state index < -0.39 is 59.5 Å². The molecule has 1 saturated heterocycles. The number of anilines is 1. The lowest BCUT2D eigenvalue weighted by molar-refractivity contribution is -0.386. The van der Waals surface area contributed by atoms with Gasteiger partial charge >= 0.3 is 29.6 Å². The summed E-state index contributed by atoms with van der Waals surface area (Å²) in [4.78, 5) is 68.3. The van der Waals surface area contributed by atoms with Crippen molar-refractivity contribution in [2.24, 2.45) is 5.92 Å². The standard InChI is InChI=1S/C26H34N7O15P3/c1-15-9-22(46-21(15)13-44-50(40,41)48-51(42,43)47-49(37,38)39)32-12-18(23-24(27)30-14-31-25(23)32)5-4-8-29-26(34)45-16(2)19-10-17(11-28-3)6-7-20(19)33(35)36/h6-7,10,12,14-16,21-22,28H,8-9,11,13H2,1-3H3,(H,29,34)(H,40,41)(H,42,43)(H2,27,30,31)(H2,37,38,39)/t15?,16?,21-,22-/m1/s1. The number of ether oxygens (including phenoxy) is 2. The van der Waals surface area contributed by atoms with Crippen LogP contribution in [-0.4, -0.2) is 71.4 Å². The zero-order valence-corrected chi connectivity index (χ0v) is 29.7. The van der Waals surface area contributed by atoms with Crippen LogP contribution >= 0.6 is 23.5 Å². The number of aromatic nitrogens is 3. The maximum Gasteiger partial charge on any atom is 0.490 e. The van der Waals surface area contributed by atoms with Crippen LogP contribution in [0.25, 0.3) is 11.0 Å². The zero-order valence-electron chi connectivity index (χ0n) is 27.0. The molecule has 4 unspecified atom stereocenters. The summed E-state index contributed by atoms with van der Waals surface area (Å²) in [5.41, 5.74) is 7.59. The number of hydrogen-bond acceptors (Lipinski definition) is 15. The smallest absolute Gasteiger partial charge is 0.441 e. The molecule has 6 atom stereocenters. The number of rotatable bonds is 14. The van der Waals surface area contributed by atoms with E-state index in [-0.39, 0.29) is 29.5 Å². The molecule has 1 aliphatic heterocycles. The first-order valence-corrected chi connectivity index (χ1v) is 19.2. The van der Waals surface area contributed by atoms with Crippen molar-refractivity contribution < 1.29 is 65.6 Å². The van der Waals surface area contributed by atoms with E-state index in [2.05, 4.69) is 41.1 Å². The molecule has 278 valence electrons. The molecule has 1 aromatic carbocycles. The third-order valence-electron chi connectivity index (χ3n) is 7.24. The highest BCUT2D eigenvalue weighted by atomic mass is 31.3. The Morgan fingerprint density at radius 3 is 2.61 bits per heavy atom. The Labute approximate surface area is 289 Å². The van der Waals surface area contributed by atoms with E-state index in [0.29, 0.717) is 29.6 Å². The predicted molar refractivity (Wildman–Crippen MR) is 175 cm³/mol. The molecule has 1 amide bonds. The number of hydrogen-bond donors (Lipinski definition) is 7. The van der Waals surface area contributed by atoms with Gasteiger partial charge in [0.2, 0.25) is 0 Å². The van der Waals surface area contributed by atoms with Gasteiger partial charge in [0.05, 0.1) is 40.7 Å². The van der Waals surface area contributed by atoms with E-state index in [1.54, 1.807) is 36.9 Å². The topological polar surface area (TPSA) is 319 Å². The van der Waals surface area contributed by atoms with Crippen LogP contribution in [0, 0.1) is 27.9 Å². The molecule has 8 N–H and O–H groups in total. The number of phosphoric acid groups is 3. The van der Waals surface area contributed by atoms with Crippen LogP contribution in [0.3, 0.4) is 0 Å². The second-order valence-corrected chi connectivity index (χ2v) is 15.4. The molecule has 25 heteroatoms. The number of nitrogens with zero attached hydrogens (tertiary/aromatic N) is 4. The highest BCUT2D eigenvalue weighted by Gasteiger charge is 2.42. The van der Waals surface area contributed by atoms with Crippen molar-refractivity contribution >= 4 is 52.1 Å². The van der Waals surface area contributed by atoms with Crippen molar-refractivity contribution in [1.29, 1.82) is 0 Å². The predicted octanol–water partition coefficient (Wildman–Crippen LogP) is 2.75. The number of fused-ring (bicyclic) bond motifs is 1. The zero-order chi connectivity index (χ0) is 37.7. The average Bonchev–Trinajstić information content (AvgIpc) is 3.57. The molecule has 22 nitrogen and oxygen atoms in total. The van der Waals surface area contributed by atoms with Gasteiger partial charge in [0.1, 0.15) is 30.1 Å². The summed E-state index contributed by atoms with van der Waals surface area (Å²) < 4.78 is 59.8. The number of nitro benzene ring substituents is 1. The molecule has 2 aromatic heterocycles. The van der Waals surface area contributed by atoms with Gasteiger partial charge in [-0.1, -0.05) is 24.8 Å². The molecule has 3 aromatic rings. The highest BCUT2D eigenvalue weighted by molar-refractivity contribution is 7.66. The molecule has 0 bridgehead atoms. The summed E-state index contributed by atoms with van der Waals surface area (Å²) in [6, 6.07) is 4.53. The van der Waals surface area contributed by atoms with Gasteiger partial charge in [0, 0.05) is 18.8 Å². The second kappa shape index (κ2) is 16.3. The van der Waals surface area contributed by atoms with Gasteiger partial charge in [-0.15, -0.1) is 0 Å². The average molecular weight is 778 g/mol. The van der Waals surface area contributed by atoms with Crippen molar-refractivity contribution in [3.8, 4) is 11.8 Å². The first kappa shape index (κ1) is 40.0. The number of nitro groups is 1. The minimum Gasteiger partial charge on any atom is -0.441 e. The van der Waals surface area contributed by atoms with Gasteiger partial charge in [0.15, 0.2) is 0 Å². The number of nitrogens with one attached hydrogen (secondary N) is 2. The Kier molecular flexibility index (Phi) is 12.7. The van der Waals surface area contributed by atoms with E-state index in [0.717, 1.165) is 5.56 Å². The number of amides is 1. The lowest BCUT2D eigenvalue weighted by atomic mass is 10.0. The molecule has 0 spiro atoms. The van der Waals surface area contributed by atoms with Crippen molar-refractivity contribution in [1.82, 2.24) is 25.2 Å². The van der Waals surface area contributed by atoms with Crippen molar-refractivity contribution in [2.75, 3.05) is 25.9 Å². The maximum absolute atomic E-state index is 12.5. The summed E-state index contributed by atoms with van der Waals surface area (Å²) >= 11 is 0. The van der Waals surface area contributed by atoms with Crippen LogP contribution in [0.4, 0.5) is 16.3 Å². The van der Waals surface area contributed by atoms with Gasteiger partial charge < -0.3 is 50.0 Å². The van der Waals surface area contributed by atoms with Crippen molar-refractivity contribution in [3.05, 3.63) is 57.5 Å². The molecule has 51 heavy (non-hydrogen) atoms. The normalized spacial score (nSPS) is 20.5. The van der Waals surface area contributed by atoms with Crippen molar-refractivity contribution in [2.45, 2.75) is 45.2 Å². The molecular formula is C26H34N7O15P3. The molecular weight excluding hydrogens is 743 g/mol. The minimum atomic E-state index is -5.69. The third kappa shape index (κ3) is 10.9. The fourth-order valence-electron chi connectivity index (χ4n) is 5.07. The van der Waals surface area contributed by atoms with Crippen LogP contribution < -0.4 is 16.4 Å². The van der Waals surface area contributed by atoms with E-state index in [1.165, 1.54) is 19.3 Å². The number of phosphoric ester groups is 1. The second-order valence-electron chi connectivity index (χ2n) is 11.0. The van der Waals surface area contributed by atoms with Crippen LogP contribution in [0.1, 0.15) is 49.3 Å². The lowest BCUT2D eigenvalue weighted by Crippen LogP contribution is -2.26. The summed E-state index contributed by atoms with van der Waals surface area (Å²) in [5.74, 6) is 5.40. The van der Waals surface area contributed by atoms with Crippen LogP contribution in [0.15, 0.2) is 30.7 Å². The maximum atomic E-state index is 12.5. The van der Waals surface area contributed by atoms with Crippen LogP contribution in [0.5, 0.6) is 0 Å². The minimum absolute atomic E-state index is 0.0848. The van der Waals surface area contributed by atoms with E-state index >= 15 is 0 Å². The Hall–Kier alpha value is -3.80. The fraction of sp³-hybridized carbons (Fsp3) is 0.423. The Morgan fingerprint density at radius 2 is 1.94 bits per heavy atom. The lowest BCUT2D eigenvalue weighted by Gasteiger charge is -2.20. The Morgan fingerprint density at radius 1 is 1.22 bits per heavy atom. The SMILES string of the molecule is CNCc1ccc([N+](=O)[O-])c(C(C)OC(=O)NCC#Cc2cn([C@H]3CC(C)[C@@H](COP(=O)(O)OP(=O)(O)OP(=O)(O)O)O3)c3ncnc(N)c23)c1. The first-order valence-electron chi connectivity index (χ1n) is 14.7. The van der Waals surface area contributed by atoms with Gasteiger partial charge in [-0.2, -0.15) is 8.62 Å². The molecule has 0 aliphatic carbocycles. The number of benzene rings is 1. The summed E-state index contributed by atoms with van der Waals surface area (Å²) in [5, 5.41) is 17.3. The molecule has 0 saturated carbocycles. The number of alkyl carbamates (subject to hydrolysis) is 1. The van der Waals surface area contributed by atoms with Gasteiger partial charge in [0.25, 0.3) is 5.69 Å². The number of nitrogens with two attached hydrogens (primary N) is 1. The monoisotopic (exact) mass is 777 g/mol. The van der Waals surface area contributed by atoms with Gasteiger partial charge in [-0.3, -0.25) is 14.6 Å². The third-order valence-corrected chi connectivity index (χ3v) is 11.0. The largest absolute Gasteiger partial charge is 0.490 e. The number of carbonyl (C=O) groups is 1. The number of carbonyl (C=O) groups excluding carboxylic acids is 1. The van der Waals surface area contributed by atoms with Crippen molar-refractivity contribution in [3.63, 3.8) is 0 Å². The van der Waals surface area contributed by atoms with E-state index in [4.69, 9.17) is 29.5 Å². The quantitative estimate of drug-likeness (QED) is 0.0535. The Balaban J connectivity index is 1.42. The van der Waals surface area contributed by atoms with Gasteiger partial charge in [-0.05, 0) is 37.9 Å². The summed E-state index contributed by atoms with van der Waals surface area (Å²) in [6.07, 6.45) is -0.347. The summed E-state index contributed by atoms with van der Waals surface area (Å²) in [6.45, 7) is 2.86.